The first-order valence-electron chi connectivity index (χ1n) is 5.80. The van der Waals surface area contributed by atoms with E-state index in [-0.39, 0.29) is 0 Å². The van der Waals surface area contributed by atoms with Crippen molar-refractivity contribution in [2.24, 2.45) is 0 Å². The topological polar surface area (TPSA) is 59.7 Å². The third kappa shape index (κ3) is 4.16. The zero-order valence-electron chi connectivity index (χ0n) is 10.3. The van der Waals surface area contributed by atoms with Crippen molar-refractivity contribution in [1.29, 1.82) is 10.7 Å². The third-order valence-electron chi connectivity index (χ3n) is 2.50. The van der Waals surface area contributed by atoms with Crippen LogP contribution in [0.5, 0.6) is 0 Å². The molecule has 0 aromatic heterocycles. The monoisotopic (exact) mass is 267 g/mol. The molecular weight excluding hydrogens is 254 g/mol. The highest BCUT2D eigenvalue weighted by atomic mass is 32.2. The normalized spacial score (nSPS) is 9.63. The zero-order chi connectivity index (χ0) is 13.5. The SMILES string of the molecule is N#Cc1ccc(CSC(=N)Nc2ccccc2)cc1. The molecule has 2 N–H and O–H groups in total. The lowest BCUT2D eigenvalue weighted by atomic mass is 10.2. The minimum Gasteiger partial charge on any atom is -0.335 e. The third-order valence-corrected chi connectivity index (χ3v) is 3.37. The highest BCUT2D eigenvalue weighted by molar-refractivity contribution is 8.13. The number of benzene rings is 2. The first-order valence-corrected chi connectivity index (χ1v) is 6.79. The van der Waals surface area contributed by atoms with Crippen molar-refractivity contribution in [1.82, 2.24) is 0 Å². The van der Waals surface area contributed by atoms with E-state index in [1.807, 2.05) is 42.5 Å². The van der Waals surface area contributed by atoms with Gasteiger partial charge in [0, 0.05) is 11.4 Å². The van der Waals surface area contributed by atoms with Gasteiger partial charge in [-0.3, -0.25) is 5.41 Å². The molecule has 2 rings (SSSR count). The van der Waals surface area contributed by atoms with Crippen LogP contribution in [0.15, 0.2) is 54.6 Å². The summed E-state index contributed by atoms with van der Waals surface area (Å²) in [5, 5.41) is 20.0. The highest BCUT2D eigenvalue weighted by Gasteiger charge is 2.00. The fourth-order valence-electron chi connectivity index (χ4n) is 1.52. The van der Waals surface area contributed by atoms with E-state index in [0.717, 1.165) is 11.3 Å². The van der Waals surface area contributed by atoms with Crippen molar-refractivity contribution in [2.45, 2.75) is 5.75 Å². The van der Waals surface area contributed by atoms with Crippen LogP contribution in [0.3, 0.4) is 0 Å². The Morgan fingerprint density at radius 1 is 1.11 bits per heavy atom. The van der Waals surface area contributed by atoms with Gasteiger partial charge in [-0.1, -0.05) is 42.1 Å². The van der Waals surface area contributed by atoms with Gasteiger partial charge in [0.25, 0.3) is 0 Å². The molecule has 0 aliphatic carbocycles. The van der Waals surface area contributed by atoms with Crippen molar-refractivity contribution in [3.05, 3.63) is 65.7 Å². The molecule has 19 heavy (non-hydrogen) atoms. The Morgan fingerprint density at radius 2 is 1.79 bits per heavy atom. The summed E-state index contributed by atoms with van der Waals surface area (Å²) in [6, 6.07) is 19.2. The van der Waals surface area contributed by atoms with E-state index in [2.05, 4.69) is 11.4 Å². The average molecular weight is 267 g/mol. The van der Waals surface area contributed by atoms with Gasteiger partial charge in [-0.05, 0) is 29.8 Å². The van der Waals surface area contributed by atoms with Gasteiger partial charge in [0.05, 0.1) is 11.6 Å². The molecule has 0 atom stereocenters. The Kier molecular flexibility index (Phi) is 4.60. The van der Waals surface area contributed by atoms with Gasteiger partial charge in [0.2, 0.25) is 0 Å². The summed E-state index contributed by atoms with van der Waals surface area (Å²) in [7, 11) is 0. The number of para-hydroxylation sites is 1. The number of rotatable bonds is 3. The minimum atomic E-state index is 0.413. The Hall–Kier alpha value is -2.25. The second-order valence-electron chi connectivity index (χ2n) is 3.92. The largest absolute Gasteiger partial charge is 0.335 e. The van der Waals surface area contributed by atoms with Gasteiger partial charge in [-0.25, -0.2) is 0 Å². The Labute approximate surface area is 116 Å². The molecule has 0 aliphatic heterocycles. The lowest BCUT2D eigenvalue weighted by molar-refractivity contribution is 1.39. The van der Waals surface area contributed by atoms with Crippen molar-refractivity contribution in [2.75, 3.05) is 5.32 Å². The lowest BCUT2D eigenvalue weighted by Crippen LogP contribution is -2.05. The fourth-order valence-corrected chi connectivity index (χ4v) is 2.21. The van der Waals surface area contributed by atoms with Crippen LogP contribution in [0.4, 0.5) is 5.69 Å². The summed E-state index contributed by atoms with van der Waals surface area (Å²) < 4.78 is 0. The van der Waals surface area contributed by atoms with E-state index in [9.17, 15) is 0 Å². The summed E-state index contributed by atoms with van der Waals surface area (Å²) in [5.74, 6) is 0.713. The van der Waals surface area contributed by atoms with E-state index in [1.54, 1.807) is 12.1 Å². The van der Waals surface area contributed by atoms with Gasteiger partial charge in [-0.15, -0.1) is 0 Å². The number of nitrogens with one attached hydrogen (secondary N) is 2. The first-order chi connectivity index (χ1) is 9.28. The molecule has 2 aromatic rings. The van der Waals surface area contributed by atoms with Crippen LogP contribution in [0, 0.1) is 16.7 Å². The number of nitriles is 1. The number of hydrogen-bond acceptors (Lipinski definition) is 3. The Morgan fingerprint density at radius 3 is 2.42 bits per heavy atom. The standard InChI is InChI=1S/C15H13N3S/c16-10-12-6-8-13(9-7-12)11-19-15(17)18-14-4-2-1-3-5-14/h1-9H,11H2,(H2,17,18). The maximum atomic E-state index is 8.71. The number of amidine groups is 1. The number of anilines is 1. The molecule has 0 aliphatic rings. The maximum absolute atomic E-state index is 8.71. The summed E-state index contributed by atoms with van der Waals surface area (Å²) in [6.07, 6.45) is 0. The van der Waals surface area contributed by atoms with Crippen molar-refractivity contribution < 1.29 is 0 Å². The van der Waals surface area contributed by atoms with Gasteiger partial charge < -0.3 is 5.32 Å². The van der Waals surface area contributed by atoms with Crippen LogP contribution >= 0.6 is 11.8 Å². The number of thioether (sulfide) groups is 1. The second-order valence-corrected chi connectivity index (χ2v) is 4.90. The molecule has 0 fully saturated rings. The zero-order valence-corrected chi connectivity index (χ0v) is 11.1. The van der Waals surface area contributed by atoms with Crippen LogP contribution in [0.1, 0.15) is 11.1 Å². The summed E-state index contributed by atoms with van der Waals surface area (Å²) >= 11 is 1.43. The predicted octanol–water partition coefficient (Wildman–Crippen LogP) is 3.84. The fraction of sp³-hybridized carbons (Fsp3) is 0.0667. The van der Waals surface area contributed by atoms with Gasteiger partial charge in [0.1, 0.15) is 0 Å². The van der Waals surface area contributed by atoms with E-state index in [4.69, 9.17) is 10.7 Å². The van der Waals surface area contributed by atoms with Gasteiger partial charge in [0.15, 0.2) is 5.17 Å². The first kappa shape index (κ1) is 13.2. The smallest absolute Gasteiger partial charge is 0.158 e. The molecule has 0 heterocycles. The van der Waals surface area contributed by atoms with Crippen LogP contribution in [-0.4, -0.2) is 5.17 Å². The summed E-state index contributed by atoms with van der Waals surface area (Å²) in [5.41, 5.74) is 2.68. The van der Waals surface area contributed by atoms with Crippen molar-refractivity contribution >= 4 is 22.6 Å². The van der Waals surface area contributed by atoms with E-state index >= 15 is 0 Å². The molecule has 0 bridgehead atoms. The molecule has 0 amide bonds. The van der Waals surface area contributed by atoms with E-state index in [1.165, 1.54) is 11.8 Å². The van der Waals surface area contributed by atoms with Gasteiger partial charge >= 0.3 is 0 Å². The quantitative estimate of drug-likeness (QED) is 0.656. The number of nitrogens with zero attached hydrogens (tertiary/aromatic N) is 1. The molecule has 4 heteroatoms. The van der Waals surface area contributed by atoms with Crippen molar-refractivity contribution in [3.8, 4) is 6.07 Å². The van der Waals surface area contributed by atoms with Crippen molar-refractivity contribution in [3.63, 3.8) is 0 Å². The molecular formula is C15H13N3S. The Balaban J connectivity index is 1.85. The summed E-state index contributed by atoms with van der Waals surface area (Å²) in [6.45, 7) is 0. The number of hydrogen-bond donors (Lipinski definition) is 2. The van der Waals surface area contributed by atoms with Crippen LogP contribution in [-0.2, 0) is 5.75 Å². The molecule has 0 unspecified atom stereocenters. The molecule has 0 spiro atoms. The van der Waals surface area contributed by atoms with E-state index in [0.29, 0.717) is 16.5 Å². The average Bonchev–Trinajstić information content (AvgIpc) is 2.47. The van der Waals surface area contributed by atoms with Crippen LogP contribution < -0.4 is 5.32 Å². The van der Waals surface area contributed by atoms with Gasteiger partial charge in [-0.2, -0.15) is 5.26 Å². The molecule has 0 radical (unpaired) electrons. The predicted molar refractivity (Wildman–Crippen MR) is 80.2 cm³/mol. The maximum Gasteiger partial charge on any atom is 0.158 e. The Bertz CT molecular complexity index is 585. The molecule has 3 nitrogen and oxygen atoms in total. The second kappa shape index (κ2) is 6.62. The molecule has 0 saturated heterocycles. The molecule has 2 aromatic carbocycles. The molecule has 94 valence electrons. The van der Waals surface area contributed by atoms with Crippen LogP contribution in [0.2, 0.25) is 0 Å². The highest BCUT2D eigenvalue weighted by Crippen LogP contribution is 2.16. The minimum absolute atomic E-state index is 0.413. The van der Waals surface area contributed by atoms with Crippen LogP contribution in [0.25, 0.3) is 0 Å². The molecule has 0 saturated carbocycles. The van der Waals surface area contributed by atoms with E-state index < -0.39 is 0 Å². The lowest BCUT2D eigenvalue weighted by Gasteiger charge is -2.07. The summed E-state index contributed by atoms with van der Waals surface area (Å²) in [4.78, 5) is 0.